The SMILES string of the molecule is O[C@@H]1CCCC[C@H]1N(Cc1ccccc1)/N=C/c1cccc(F)c1. The topological polar surface area (TPSA) is 35.8 Å². The van der Waals surface area contributed by atoms with Gasteiger partial charge in [-0.05, 0) is 36.1 Å². The van der Waals surface area contributed by atoms with Crippen molar-refractivity contribution in [2.45, 2.75) is 44.4 Å². The van der Waals surface area contributed by atoms with Crippen LogP contribution >= 0.6 is 0 Å². The molecular weight excluding hydrogens is 303 g/mol. The van der Waals surface area contributed by atoms with E-state index in [1.165, 1.54) is 12.1 Å². The summed E-state index contributed by atoms with van der Waals surface area (Å²) in [5.41, 5.74) is 1.87. The van der Waals surface area contributed by atoms with E-state index in [2.05, 4.69) is 17.2 Å². The van der Waals surface area contributed by atoms with Crippen molar-refractivity contribution in [3.63, 3.8) is 0 Å². The first-order valence-electron chi connectivity index (χ1n) is 8.50. The van der Waals surface area contributed by atoms with Gasteiger partial charge >= 0.3 is 0 Å². The van der Waals surface area contributed by atoms with E-state index in [1.807, 2.05) is 29.3 Å². The number of benzene rings is 2. The second-order valence-electron chi connectivity index (χ2n) is 6.30. The Kier molecular flexibility index (Phi) is 5.59. The number of aliphatic hydroxyl groups excluding tert-OH is 1. The predicted octanol–water partition coefficient (Wildman–Crippen LogP) is 3.97. The number of hydrogen-bond donors (Lipinski definition) is 1. The van der Waals surface area contributed by atoms with Gasteiger partial charge < -0.3 is 5.11 Å². The zero-order valence-corrected chi connectivity index (χ0v) is 13.7. The summed E-state index contributed by atoms with van der Waals surface area (Å²) < 4.78 is 13.3. The number of aliphatic hydroxyl groups is 1. The monoisotopic (exact) mass is 326 g/mol. The average Bonchev–Trinajstić information content (AvgIpc) is 2.60. The van der Waals surface area contributed by atoms with Crippen LogP contribution in [0.1, 0.15) is 36.8 Å². The van der Waals surface area contributed by atoms with Gasteiger partial charge in [0.15, 0.2) is 0 Å². The lowest BCUT2D eigenvalue weighted by Gasteiger charge is -2.35. The maximum absolute atomic E-state index is 13.3. The summed E-state index contributed by atoms with van der Waals surface area (Å²) in [5.74, 6) is -0.272. The van der Waals surface area contributed by atoms with Crippen molar-refractivity contribution < 1.29 is 9.50 Å². The second-order valence-corrected chi connectivity index (χ2v) is 6.30. The average molecular weight is 326 g/mol. The number of halogens is 1. The smallest absolute Gasteiger partial charge is 0.123 e. The summed E-state index contributed by atoms with van der Waals surface area (Å²) in [6.45, 7) is 0.633. The fourth-order valence-electron chi connectivity index (χ4n) is 3.18. The Hall–Kier alpha value is -2.20. The number of nitrogens with zero attached hydrogens (tertiary/aromatic N) is 2. The highest BCUT2D eigenvalue weighted by molar-refractivity contribution is 5.79. The number of rotatable bonds is 5. The van der Waals surface area contributed by atoms with E-state index in [-0.39, 0.29) is 18.0 Å². The lowest BCUT2D eigenvalue weighted by molar-refractivity contribution is 0.0173. The molecule has 0 bridgehead atoms. The Bertz CT molecular complexity index is 674. The van der Waals surface area contributed by atoms with E-state index in [0.717, 1.165) is 36.8 Å². The number of hydrogen-bond acceptors (Lipinski definition) is 3. The minimum atomic E-state index is -0.368. The molecule has 24 heavy (non-hydrogen) atoms. The van der Waals surface area contributed by atoms with Crippen LogP contribution in [-0.2, 0) is 6.54 Å². The Morgan fingerprint density at radius 2 is 1.88 bits per heavy atom. The lowest BCUT2D eigenvalue weighted by Crippen LogP contribution is -2.42. The van der Waals surface area contributed by atoms with Crippen LogP contribution < -0.4 is 0 Å². The Morgan fingerprint density at radius 1 is 1.08 bits per heavy atom. The summed E-state index contributed by atoms with van der Waals surface area (Å²) in [4.78, 5) is 0. The van der Waals surface area contributed by atoms with E-state index >= 15 is 0 Å². The molecule has 0 saturated heterocycles. The molecule has 2 aromatic rings. The van der Waals surface area contributed by atoms with Gasteiger partial charge in [-0.1, -0.05) is 55.3 Å². The molecule has 0 unspecified atom stereocenters. The zero-order valence-electron chi connectivity index (χ0n) is 13.7. The molecule has 4 heteroatoms. The summed E-state index contributed by atoms with van der Waals surface area (Å²) in [5, 5.41) is 16.9. The maximum Gasteiger partial charge on any atom is 0.123 e. The molecule has 0 amide bonds. The molecule has 0 aliphatic heterocycles. The van der Waals surface area contributed by atoms with Crippen LogP contribution in [-0.4, -0.2) is 28.5 Å². The minimum Gasteiger partial charge on any atom is -0.391 e. The molecule has 0 radical (unpaired) electrons. The van der Waals surface area contributed by atoms with Gasteiger partial charge in [0.25, 0.3) is 0 Å². The van der Waals surface area contributed by atoms with Crippen molar-refractivity contribution in [3.05, 3.63) is 71.5 Å². The quantitative estimate of drug-likeness (QED) is 0.667. The molecule has 2 atom stereocenters. The van der Waals surface area contributed by atoms with E-state index < -0.39 is 0 Å². The van der Waals surface area contributed by atoms with Gasteiger partial charge in [0.2, 0.25) is 0 Å². The van der Waals surface area contributed by atoms with Gasteiger partial charge in [-0.3, -0.25) is 5.01 Å². The standard InChI is InChI=1S/C20H23FN2O/c21-18-10-6-9-17(13-18)14-22-23(15-16-7-2-1-3-8-16)19-11-4-5-12-20(19)24/h1-3,6-10,13-14,19-20,24H,4-5,11-12,15H2/b22-14+/t19-,20-/m1/s1. The zero-order chi connectivity index (χ0) is 16.8. The van der Waals surface area contributed by atoms with Crippen molar-refractivity contribution in [3.8, 4) is 0 Å². The Morgan fingerprint density at radius 3 is 2.62 bits per heavy atom. The normalized spacial score (nSPS) is 21.1. The van der Waals surface area contributed by atoms with Crippen LogP contribution in [0.2, 0.25) is 0 Å². The van der Waals surface area contributed by atoms with Crippen molar-refractivity contribution in [1.82, 2.24) is 5.01 Å². The molecule has 0 spiro atoms. The van der Waals surface area contributed by atoms with Crippen LogP contribution in [0.25, 0.3) is 0 Å². The van der Waals surface area contributed by atoms with Crippen molar-refractivity contribution in [2.24, 2.45) is 5.10 Å². The van der Waals surface area contributed by atoms with Gasteiger partial charge in [0, 0.05) is 0 Å². The predicted molar refractivity (Wildman–Crippen MR) is 94.2 cm³/mol. The number of hydrazone groups is 1. The molecule has 1 saturated carbocycles. The van der Waals surface area contributed by atoms with Crippen LogP contribution in [0.5, 0.6) is 0 Å². The molecule has 3 rings (SSSR count). The van der Waals surface area contributed by atoms with Crippen LogP contribution in [0.3, 0.4) is 0 Å². The van der Waals surface area contributed by atoms with Crippen molar-refractivity contribution >= 4 is 6.21 Å². The molecule has 1 fully saturated rings. The summed E-state index contributed by atoms with van der Waals surface area (Å²) in [7, 11) is 0. The third-order valence-corrected chi connectivity index (χ3v) is 4.47. The van der Waals surface area contributed by atoms with Crippen LogP contribution in [0, 0.1) is 5.82 Å². The van der Waals surface area contributed by atoms with Gasteiger partial charge in [-0.25, -0.2) is 4.39 Å². The van der Waals surface area contributed by atoms with E-state index in [4.69, 9.17) is 0 Å². The molecule has 1 aliphatic rings. The Balaban J connectivity index is 1.80. The molecule has 0 heterocycles. The first-order chi connectivity index (χ1) is 11.7. The third-order valence-electron chi connectivity index (χ3n) is 4.47. The van der Waals surface area contributed by atoms with Gasteiger partial charge in [0.1, 0.15) is 5.82 Å². The largest absolute Gasteiger partial charge is 0.391 e. The van der Waals surface area contributed by atoms with Crippen LogP contribution in [0.4, 0.5) is 4.39 Å². The van der Waals surface area contributed by atoms with Gasteiger partial charge in [0.05, 0.1) is 24.9 Å². The van der Waals surface area contributed by atoms with Crippen molar-refractivity contribution in [2.75, 3.05) is 0 Å². The maximum atomic E-state index is 13.3. The molecular formula is C20H23FN2O. The highest BCUT2D eigenvalue weighted by Crippen LogP contribution is 2.25. The summed E-state index contributed by atoms with van der Waals surface area (Å²) in [6, 6.07) is 16.5. The lowest BCUT2D eigenvalue weighted by atomic mass is 9.92. The molecule has 1 aliphatic carbocycles. The van der Waals surface area contributed by atoms with Crippen molar-refractivity contribution in [1.29, 1.82) is 0 Å². The second kappa shape index (κ2) is 8.06. The van der Waals surface area contributed by atoms with Gasteiger partial charge in [-0.15, -0.1) is 0 Å². The highest BCUT2D eigenvalue weighted by Gasteiger charge is 2.28. The van der Waals surface area contributed by atoms with E-state index in [9.17, 15) is 9.50 Å². The molecule has 126 valence electrons. The van der Waals surface area contributed by atoms with Gasteiger partial charge in [-0.2, -0.15) is 5.10 Å². The minimum absolute atomic E-state index is 0.00349. The summed E-state index contributed by atoms with van der Waals surface area (Å²) in [6.07, 6.45) is 5.20. The molecule has 0 aromatic heterocycles. The summed E-state index contributed by atoms with van der Waals surface area (Å²) >= 11 is 0. The van der Waals surface area contributed by atoms with E-state index in [0.29, 0.717) is 6.54 Å². The highest BCUT2D eigenvalue weighted by atomic mass is 19.1. The fourth-order valence-corrected chi connectivity index (χ4v) is 3.18. The van der Waals surface area contributed by atoms with Crippen LogP contribution in [0.15, 0.2) is 59.7 Å². The fraction of sp³-hybridized carbons (Fsp3) is 0.350. The first kappa shape index (κ1) is 16.7. The molecule has 3 nitrogen and oxygen atoms in total. The molecule has 2 aromatic carbocycles. The Labute approximate surface area is 142 Å². The third kappa shape index (κ3) is 4.42. The van der Waals surface area contributed by atoms with E-state index in [1.54, 1.807) is 12.3 Å². The first-order valence-corrected chi connectivity index (χ1v) is 8.50. The molecule has 1 N–H and O–H groups in total.